The summed E-state index contributed by atoms with van der Waals surface area (Å²) in [5.74, 6) is -2.45. The first-order chi connectivity index (χ1) is 9.51. The highest BCUT2D eigenvalue weighted by molar-refractivity contribution is 5.87. The Kier molecular flexibility index (Phi) is 7.18. The third kappa shape index (κ3) is 10.2. The molecule has 0 fully saturated rings. The van der Waals surface area contributed by atoms with Gasteiger partial charge in [0.25, 0.3) is 0 Å². The van der Waals surface area contributed by atoms with Gasteiger partial charge in [0.15, 0.2) is 0 Å². The maximum Gasteiger partial charge on any atom is 0.326 e. The average molecular weight is 302 g/mol. The molecule has 21 heavy (non-hydrogen) atoms. The molecule has 0 radical (unpaired) electrons. The third-order valence-corrected chi connectivity index (χ3v) is 2.16. The molecular formula is C12H22N4O5. The van der Waals surface area contributed by atoms with Gasteiger partial charge in [0, 0.05) is 18.5 Å². The second-order valence-corrected chi connectivity index (χ2v) is 5.51. The number of nitrogens with one attached hydrogen (secondary N) is 3. The van der Waals surface area contributed by atoms with Crippen LogP contribution in [-0.4, -0.2) is 47.0 Å². The van der Waals surface area contributed by atoms with Crippen molar-refractivity contribution in [3.63, 3.8) is 0 Å². The number of carboxylic acids is 1. The van der Waals surface area contributed by atoms with Crippen LogP contribution in [0, 0.1) is 0 Å². The number of rotatable bonds is 7. The summed E-state index contributed by atoms with van der Waals surface area (Å²) in [6.45, 7) is 5.52. The van der Waals surface area contributed by atoms with Crippen LogP contribution in [0.1, 0.15) is 33.6 Å². The highest BCUT2D eigenvalue weighted by Gasteiger charge is 2.22. The van der Waals surface area contributed by atoms with E-state index in [0.29, 0.717) is 0 Å². The number of amides is 4. The number of hydrogen-bond acceptors (Lipinski definition) is 4. The van der Waals surface area contributed by atoms with Gasteiger partial charge >= 0.3 is 12.0 Å². The molecule has 0 aliphatic carbocycles. The second-order valence-electron chi connectivity index (χ2n) is 5.51. The van der Waals surface area contributed by atoms with Gasteiger partial charge in [-0.1, -0.05) is 0 Å². The topological polar surface area (TPSA) is 151 Å². The van der Waals surface area contributed by atoms with Gasteiger partial charge in [-0.05, 0) is 20.8 Å². The molecule has 9 heteroatoms. The van der Waals surface area contributed by atoms with Gasteiger partial charge in [-0.3, -0.25) is 9.59 Å². The van der Waals surface area contributed by atoms with Crippen molar-refractivity contribution >= 4 is 23.8 Å². The van der Waals surface area contributed by atoms with Crippen LogP contribution in [0.2, 0.25) is 0 Å². The first-order valence-corrected chi connectivity index (χ1v) is 6.38. The molecule has 0 saturated carbocycles. The van der Waals surface area contributed by atoms with E-state index < -0.39 is 30.4 Å². The molecule has 0 bridgehead atoms. The van der Waals surface area contributed by atoms with E-state index in [1.54, 1.807) is 0 Å². The summed E-state index contributed by atoms with van der Waals surface area (Å²) in [6.07, 6.45) is -0.453. The fraction of sp³-hybridized carbons (Fsp3) is 0.667. The van der Waals surface area contributed by atoms with Gasteiger partial charge in [0.05, 0.1) is 6.42 Å². The minimum absolute atomic E-state index is 0.0384. The zero-order valence-electron chi connectivity index (χ0n) is 12.4. The quantitative estimate of drug-likeness (QED) is 0.405. The van der Waals surface area contributed by atoms with Gasteiger partial charge in [0.1, 0.15) is 6.04 Å². The summed E-state index contributed by atoms with van der Waals surface area (Å²) in [4.78, 5) is 44.4. The van der Waals surface area contributed by atoms with Crippen molar-refractivity contribution in [2.75, 3.05) is 6.54 Å². The van der Waals surface area contributed by atoms with Crippen molar-refractivity contribution in [3.8, 4) is 0 Å². The van der Waals surface area contributed by atoms with Gasteiger partial charge < -0.3 is 26.8 Å². The maximum atomic E-state index is 11.5. The number of nitrogens with two attached hydrogens (primary N) is 1. The Balaban J connectivity index is 4.11. The summed E-state index contributed by atoms with van der Waals surface area (Å²) in [5.41, 5.74) is 4.51. The molecule has 0 heterocycles. The van der Waals surface area contributed by atoms with Gasteiger partial charge in [-0.2, -0.15) is 0 Å². The van der Waals surface area contributed by atoms with Crippen LogP contribution in [0.25, 0.3) is 0 Å². The molecule has 1 unspecified atom stereocenters. The molecule has 9 nitrogen and oxygen atoms in total. The Labute approximate surface area is 122 Å². The van der Waals surface area contributed by atoms with Crippen molar-refractivity contribution in [2.24, 2.45) is 5.73 Å². The lowest BCUT2D eigenvalue weighted by Gasteiger charge is -2.20. The molecule has 6 N–H and O–H groups in total. The van der Waals surface area contributed by atoms with E-state index in [1.807, 2.05) is 20.8 Å². The summed E-state index contributed by atoms with van der Waals surface area (Å²) >= 11 is 0. The molecule has 0 saturated heterocycles. The van der Waals surface area contributed by atoms with Crippen molar-refractivity contribution in [1.82, 2.24) is 16.0 Å². The number of primary amides is 1. The zero-order valence-corrected chi connectivity index (χ0v) is 12.4. The van der Waals surface area contributed by atoms with Crippen LogP contribution in [-0.2, 0) is 14.4 Å². The normalized spacial score (nSPS) is 12.1. The Bertz CT molecular complexity index is 416. The highest BCUT2D eigenvalue weighted by Crippen LogP contribution is 1.98. The summed E-state index contributed by atoms with van der Waals surface area (Å²) < 4.78 is 0. The molecule has 0 rings (SSSR count). The fourth-order valence-corrected chi connectivity index (χ4v) is 1.38. The smallest absolute Gasteiger partial charge is 0.326 e. The van der Waals surface area contributed by atoms with Crippen LogP contribution in [0.15, 0.2) is 0 Å². The molecule has 4 amide bonds. The minimum Gasteiger partial charge on any atom is -0.480 e. The number of carbonyl (C=O) groups is 4. The molecule has 0 aliphatic rings. The number of aliphatic carboxylic acids is 1. The molecule has 0 aromatic carbocycles. The number of hydrogen-bond donors (Lipinski definition) is 5. The standard InChI is InChI=1S/C12H22N4O5/c1-12(2,3)16-9(18)4-5-14-11(21)15-7(10(19)20)6-8(13)17/h7H,4-6H2,1-3H3,(H2,13,17)(H,16,18)(H,19,20)(H2,14,15,21). The van der Waals surface area contributed by atoms with Crippen molar-refractivity contribution in [3.05, 3.63) is 0 Å². The van der Waals surface area contributed by atoms with Crippen LogP contribution >= 0.6 is 0 Å². The minimum atomic E-state index is -1.40. The van der Waals surface area contributed by atoms with E-state index in [4.69, 9.17) is 10.8 Å². The van der Waals surface area contributed by atoms with E-state index in [1.165, 1.54) is 0 Å². The van der Waals surface area contributed by atoms with Crippen molar-refractivity contribution < 1.29 is 24.3 Å². The largest absolute Gasteiger partial charge is 0.480 e. The first-order valence-electron chi connectivity index (χ1n) is 6.38. The monoisotopic (exact) mass is 302 g/mol. The maximum absolute atomic E-state index is 11.5. The predicted octanol–water partition coefficient (Wildman–Crippen LogP) is -1.08. The van der Waals surface area contributed by atoms with Crippen LogP contribution < -0.4 is 21.7 Å². The molecule has 0 aromatic heterocycles. The number of carboxylic acid groups (broad SMARTS) is 1. The van der Waals surface area contributed by atoms with Crippen LogP contribution in [0.3, 0.4) is 0 Å². The van der Waals surface area contributed by atoms with E-state index in [-0.39, 0.29) is 24.4 Å². The molecular weight excluding hydrogens is 280 g/mol. The lowest BCUT2D eigenvalue weighted by Crippen LogP contribution is -2.48. The van der Waals surface area contributed by atoms with Crippen LogP contribution in [0.4, 0.5) is 4.79 Å². The van der Waals surface area contributed by atoms with Gasteiger partial charge in [0.2, 0.25) is 11.8 Å². The summed E-state index contributed by atoms with van der Waals surface area (Å²) in [6, 6.07) is -2.18. The lowest BCUT2D eigenvalue weighted by molar-refractivity contribution is -0.140. The molecule has 0 aromatic rings. The highest BCUT2D eigenvalue weighted by atomic mass is 16.4. The Morgan fingerprint density at radius 1 is 1.19 bits per heavy atom. The summed E-state index contributed by atoms with van der Waals surface area (Å²) in [7, 11) is 0. The van der Waals surface area contributed by atoms with Crippen molar-refractivity contribution in [1.29, 1.82) is 0 Å². The van der Waals surface area contributed by atoms with E-state index >= 15 is 0 Å². The van der Waals surface area contributed by atoms with E-state index in [2.05, 4.69) is 16.0 Å². The van der Waals surface area contributed by atoms with E-state index in [0.717, 1.165) is 0 Å². The SMILES string of the molecule is CC(C)(C)NC(=O)CCNC(=O)NC(CC(N)=O)C(=O)O. The van der Waals surface area contributed by atoms with E-state index in [9.17, 15) is 19.2 Å². The fourth-order valence-electron chi connectivity index (χ4n) is 1.38. The molecule has 1 atom stereocenters. The molecule has 120 valence electrons. The zero-order chi connectivity index (χ0) is 16.6. The predicted molar refractivity (Wildman–Crippen MR) is 74.3 cm³/mol. The summed E-state index contributed by atoms with van der Waals surface area (Å²) in [5, 5.41) is 15.9. The Hall–Kier alpha value is -2.32. The Morgan fingerprint density at radius 3 is 2.19 bits per heavy atom. The van der Waals surface area contributed by atoms with Gasteiger partial charge in [-0.15, -0.1) is 0 Å². The molecule has 0 spiro atoms. The average Bonchev–Trinajstić information content (AvgIpc) is 2.24. The second kappa shape index (κ2) is 8.08. The lowest BCUT2D eigenvalue weighted by atomic mass is 10.1. The number of urea groups is 1. The third-order valence-electron chi connectivity index (χ3n) is 2.16. The van der Waals surface area contributed by atoms with Crippen LogP contribution in [0.5, 0.6) is 0 Å². The first kappa shape index (κ1) is 18.7. The van der Waals surface area contributed by atoms with Gasteiger partial charge in [-0.25, -0.2) is 9.59 Å². The van der Waals surface area contributed by atoms with Crippen molar-refractivity contribution in [2.45, 2.75) is 45.2 Å². The molecule has 0 aliphatic heterocycles. The number of carbonyl (C=O) groups excluding carboxylic acids is 3. The Morgan fingerprint density at radius 2 is 1.76 bits per heavy atom.